The SMILES string of the molecule is O=C(CN1CC2(CC2)c2cc(Br)ccc2C1=O)Nc1nccn2cnnc12. The molecule has 0 saturated heterocycles. The van der Waals surface area contributed by atoms with Crippen molar-refractivity contribution in [1.29, 1.82) is 0 Å². The number of anilines is 1. The van der Waals surface area contributed by atoms with Gasteiger partial charge in [-0.3, -0.25) is 14.0 Å². The number of carbonyl (C=O) groups is 2. The van der Waals surface area contributed by atoms with Crippen LogP contribution in [0.3, 0.4) is 0 Å². The van der Waals surface area contributed by atoms with E-state index in [-0.39, 0.29) is 23.8 Å². The van der Waals surface area contributed by atoms with E-state index in [2.05, 4.69) is 36.4 Å². The lowest BCUT2D eigenvalue weighted by atomic mass is 9.86. The molecule has 2 aromatic heterocycles. The van der Waals surface area contributed by atoms with E-state index >= 15 is 0 Å². The molecule has 0 bridgehead atoms. The van der Waals surface area contributed by atoms with Gasteiger partial charge in [0.05, 0.1) is 0 Å². The molecule has 0 unspecified atom stereocenters. The summed E-state index contributed by atoms with van der Waals surface area (Å²) in [7, 11) is 0. The standard InChI is InChI=1S/C18H15BrN6O2/c19-11-1-2-12-13(7-11)18(3-4-18)9-25(17(12)27)8-14(26)22-15-16-23-21-10-24(16)6-5-20-15/h1-2,5-7,10H,3-4,8-9H2,(H,20,22,26). The van der Waals surface area contributed by atoms with Crippen LogP contribution in [0.25, 0.3) is 5.65 Å². The first-order valence-corrected chi connectivity index (χ1v) is 9.39. The highest BCUT2D eigenvalue weighted by atomic mass is 79.9. The molecule has 1 aliphatic heterocycles. The van der Waals surface area contributed by atoms with Gasteiger partial charge in [0.15, 0.2) is 5.82 Å². The Kier molecular flexibility index (Phi) is 3.55. The molecule has 9 heteroatoms. The zero-order valence-electron chi connectivity index (χ0n) is 14.2. The molecule has 5 rings (SSSR count). The minimum absolute atomic E-state index is 0.0153. The number of nitrogens with one attached hydrogen (secondary N) is 1. The summed E-state index contributed by atoms with van der Waals surface area (Å²) < 4.78 is 2.64. The van der Waals surface area contributed by atoms with Crippen molar-refractivity contribution in [2.75, 3.05) is 18.4 Å². The molecule has 1 fully saturated rings. The fourth-order valence-electron chi connectivity index (χ4n) is 3.73. The lowest BCUT2D eigenvalue weighted by Crippen LogP contribution is -2.46. The van der Waals surface area contributed by atoms with Crippen molar-refractivity contribution < 1.29 is 9.59 Å². The molecule has 3 heterocycles. The number of amides is 2. The highest BCUT2D eigenvalue weighted by molar-refractivity contribution is 9.10. The molecule has 1 spiro atoms. The van der Waals surface area contributed by atoms with Gasteiger partial charge in [-0.05, 0) is 36.6 Å². The van der Waals surface area contributed by atoms with Crippen LogP contribution in [0.1, 0.15) is 28.8 Å². The van der Waals surface area contributed by atoms with E-state index in [1.54, 1.807) is 21.7 Å². The Morgan fingerprint density at radius 1 is 1.33 bits per heavy atom. The minimum atomic E-state index is -0.302. The van der Waals surface area contributed by atoms with Gasteiger partial charge in [-0.25, -0.2) is 4.98 Å². The molecular weight excluding hydrogens is 412 g/mol. The molecule has 1 N–H and O–H groups in total. The predicted molar refractivity (Wildman–Crippen MR) is 100 cm³/mol. The van der Waals surface area contributed by atoms with Crippen molar-refractivity contribution in [2.45, 2.75) is 18.3 Å². The lowest BCUT2D eigenvalue weighted by Gasteiger charge is -2.34. The van der Waals surface area contributed by atoms with Crippen LogP contribution < -0.4 is 5.32 Å². The average molecular weight is 427 g/mol. The number of carbonyl (C=O) groups excluding carboxylic acids is 2. The third-order valence-electron chi connectivity index (χ3n) is 5.23. The van der Waals surface area contributed by atoms with E-state index in [9.17, 15) is 9.59 Å². The summed E-state index contributed by atoms with van der Waals surface area (Å²) in [5.74, 6) is -0.0861. The second kappa shape index (κ2) is 5.85. The molecular formula is C18H15BrN6O2. The van der Waals surface area contributed by atoms with Crippen LogP contribution in [0, 0.1) is 0 Å². The number of aromatic nitrogens is 4. The lowest BCUT2D eigenvalue weighted by molar-refractivity contribution is -0.117. The number of rotatable bonds is 3. The van der Waals surface area contributed by atoms with Crippen LogP contribution in [0.2, 0.25) is 0 Å². The third kappa shape index (κ3) is 2.69. The summed E-state index contributed by atoms with van der Waals surface area (Å²) in [6.07, 6.45) is 6.86. The first-order valence-electron chi connectivity index (χ1n) is 8.59. The first kappa shape index (κ1) is 16.4. The number of fused-ring (bicyclic) bond motifs is 3. The van der Waals surface area contributed by atoms with E-state index in [0.717, 1.165) is 22.9 Å². The third-order valence-corrected chi connectivity index (χ3v) is 5.72. The molecule has 136 valence electrons. The van der Waals surface area contributed by atoms with Crippen molar-refractivity contribution in [1.82, 2.24) is 24.5 Å². The highest BCUT2D eigenvalue weighted by Gasteiger charge is 2.51. The van der Waals surface area contributed by atoms with Gasteiger partial charge in [-0.15, -0.1) is 10.2 Å². The maximum absolute atomic E-state index is 12.9. The molecule has 0 atom stereocenters. The summed E-state index contributed by atoms with van der Waals surface area (Å²) in [5, 5.41) is 10.5. The Balaban J connectivity index is 1.38. The second-order valence-electron chi connectivity index (χ2n) is 7.02. The van der Waals surface area contributed by atoms with Gasteiger partial charge in [0.25, 0.3) is 5.91 Å². The highest BCUT2D eigenvalue weighted by Crippen LogP contribution is 2.52. The quantitative estimate of drug-likeness (QED) is 0.691. The first-order chi connectivity index (χ1) is 13.1. The average Bonchev–Trinajstić information content (AvgIpc) is 3.24. The van der Waals surface area contributed by atoms with Gasteiger partial charge < -0.3 is 10.2 Å². The number of halogens is 1. The molecule has 1 aliphatic carbocycles. The van der Waals surface area contributed by atoms with Gasteiger partial charge in [0.2, 0.25) is 11.6 Å². The maximum atomic E-state index is 12.9. The Hall–Kier alpha value is -2.81. The van der Waals surface area contributed by atoms with Gasteiger partial charge in [0.1, 0.15) is 12.9 Å². The Morgan fingerprint density at radius 2 is 2.19 bits per heavy atom. The molecule has 1 saturated carbocycles. The molecule has 8 nitrogen and oxygen atoms in total. The van der Waals surface area contributed by atoms with Crippen LogP contribution in [0.15, 0.2) is 41.4 Å². The predicted octanol–water partition coefficient (Wildman–Crippen LogP) is 2.01. The molecule has 1 aromatic carbocycles. The van der Waals surface area contributed by atoms with Crippen LogP contribution in [0.4, 0.5) is 5.82 Å². The van der Waals surface area contributed by atoms with Crippen molar-refractivity contribution >= 4 is 39.2 Å². The fraction of sp³-hybridized carbons (Fsp3) is 0.278. The van der Waals surface area contributed by atoms with Gasteiger partial charge >= 0.3 is 0 Å². The summed E-state index contributed by atoms with van der Waals surface area (Å²) in [4.78, 5) is 31.3. The Morgan fingerprint density at radius 3 is 3.00 bits per heavy atom. The van der Waals surface area contributed by atoms with Crippen molar-refractivity contribution in [2.24, 2.45) is 0 Å². The molecule has 27 heavy (non-hydrogen) atoms. The zero-order chi connectivity index (χ0) is 18.6. The van der Waals surface area contributed by atoms with Crippen LogP contribution in [-0.4, -0.2) is 49.4 Å². The normalized spacial score (nSPS) is 17.2. The van der Waals surface area contributed by atoms with E-state index in [1.165, 1.54) is 6.33 Å². The second-order valence-corrected chi connectivity index (χ2v) is 7.93. The van der Waals surface area contributed by atoms with E-state index in [4.69, 9.17) is 0 Å². The molecule has 2 aliphatic rings. The topological polar surface area (TPSA) is 92.5 Å². The summed E-state index contributed by atoms with van der Waals surface area (Å²) in [6, 6.07) is 5.74. The summed E-state index contributed by atoms with van der Waals surface area (Å²) >= 11 is 3.49. The Bertz CT molecular complexity index is 1090. The van der Waals surface area contributed by atoms with Crippen LogP contribution in [-0.2, 0) is 10.2 Å². The van der Waals surface area contributed by atoms with E-state index < -0.39 is 0 Å². The molecule has 0 radical (unpaired) electrons. The van der Waals surface area contributed by atoms with Crippen molar-refractivity contribution in [3.63, 3.8) is 0 Å². The van der Waals surface area contributed by atoms with Gasteiger partial charge in [0, 0.05) is 34.4 Å². The summed E-state index contributed by atoms with van der Waals surface area (Å²) in [6.45, 7) is 0.540. The van der Waals surface area contributed by atoms with E-state index in [1.807, 2.05) is 18.2 Å². The Labute approximate surface area is 162 Å². The maximum Gasteiger partial charge on any atom is 0.254 e. The number of nitrogens with zero attached hydrogens (tertiary/aromatic N) is 5. The van der Waals surface area contributed by atoms with Crippen molar-refractivity contribution in [3.8, 4) is 0 Å². The van der Waals surface area contributed by atoms with Crippen LogP contribution in [0.5, 0.6) is 0 Å². The fourth-order valence-corrected chi connectivity index (χ4v) is 4.09. The smallest absolute Gasteiger partial charge is 0.254 e. The number of hydrogen-bond acceptors (Lipinski definition) is 5. The largest absolute Gasteiger partial charge is 0.328 e. The minimum Gasteiger partial charge on any atom is -0.328 e. The van der Waals surface area contributed by atoms with E-state index in [0.29, 0.717) is 23.6 Å². The number of hydrogen-bond donors (Lipinski definition) is 1. The number of benzene rings is 1. The van der Waals surface area contributed by atoms with Crippen LogP contribution >= 0.6 is 15.9 Å². The van der Waals surface area contributed by atoms with Crippen molar-refractivity contribution in [3.05, 3.63) is 52.5 Å². The zero-order valence-corrected chi connectivity index (χ0v) is 15.8. The molecule has 3 aromatic rings. The molecule has 2 amide bonds. The van der Waals surface area contributed by atoms with Gasteiger partial charge in [-0.1, -0.05) is 15.9 Å². The van der Waals surface area contributed by atoms with Gasteiger partial charge in [-0.2, -0.15) is 0 Å². The monoisotopic (exact) mass is 426 g/mol. The summed E-state index contributed by atoms with van der Waals surface area (Å²) in [5.41, 5.74) is 2.23.